The predicted octanol–water partition coefficient (Wildman–Crippen LogP) is 3.72. The number of carbonyl (C=O) groups is 1. The Bertz CT molecular complexity index is 599. The van der Waals surface area contributed by atoms with E-state index in [0.717, 1.165) is 5.69 Å². The molecule has 0 aliphatic carbocycles. The Balaban J connectivity index is 1.68. The number of ether oxygens (including phenoxy) is 1. The second kappa shape index (κ2) is 7.55. The molecule has 0 heterocycles. The molecule has 0 aliphatic heterocycles. The van der Waals surface area contributed by atoms with Gasteiger partial charge in [-0.15, -0.1) is 0 Å². The van der Waals surface area contributed by atoms with Crippen molar-refractivity contribution in [2.24, 2.45) is 0 Å². The number of rotatable bonds is 6. The summed E-state index contributed by atoms with van der Waals surface area (Å²) in [7, 11) is 0. The molecule has 0 fully saturated rings. The first-order chi connectivity index (χ1) is 10.1. The number of nitrogens with one attached hydrogen (secondary N) is 1. The molecule has 0 saturated carbocycles. The molecule has 0 saturated heterocycles. The summed E-state index contributed by atoms with van der Waals surface area (Å²) in [5.74, 6) is 0.663. The number of anilines is 2. The van der Waals surface area contributed by atoms with Crippen LogP contribution in [0.2, 0.25) is 5.02 Å². The highest BCUT2D eigenvalue weighted by Crippen LogP contribution is 2.17. The highest BCUT2D eigenvalue weighted by molar-refractivity contribution is 6.30. The molecule has 21 heavy (non-hydrogen) atoms. The summed E-state index contributed by atoms with van der Waals surface area (Å²) in [6.07, 6.45) is 1.03. The van der Waals surface area contributed by atoms with E-state index < -0.39 is 0 Å². The van der Waals surface area contributed by atoms with Crippen LogP contribution in [0.15, 0.2) is 48.5 Å². The summed E-state index contributed by atoms with van der Waals surface area (Å²) in [6.45, 7) is 0.468. The van der Waals surface area contributed by atoms with Crippen molar-refractivity contribution in [2.75, 3.05) is 17.7 Å². The summed E-state index contributed by atoms with van der Waals surface area (Å²) >= 11 is 5.86. The van der Waals surface area contributed by atoms with E-state index in [9.17, 15) is 4.79 Å². The Morgan fingerprint density at radius 2 is 1.95 bits per heavy atom. The van der Waals surface area contributed by atoms with Crippen LogP contribution in [-0.4, -0.2) is 12.5 Å². The molecule has 0 unspecified atom stereocenters. The smallest absolute Gasteiger partial charge is 0.224 e. The second-order valence-corrected chi connectivity index (χ2v) is 5.02. The van der Waals surface area contributed by atoms with Crippen molar-refractivity contribution < 1.29 is 9.53 Å². The Kier molecular flexibility index (Phi) is 5.46. The standard InChI is InChI=1S/C16H17ClN2O2/c17-12-3-1-4-15(11-12)21-10-2-5-16(20)19-14-8-6-13(18)7-9-14/h1,3-4,6-9,11H,2,5,10,18H2,(H,19,20). The molecule has 4 nitrogen and oxygen atoms in total. The number of carbonyl (C=O) groups excluding carboxylic acids is 1. The first-order valence-corrected chi connectivity index (χ1v) is 7.05. The van der Waals surface area contributed by atoms with Crippen LogP contribution in [0.25, 0.3) is 0 Å². The lowest BCUT2D eigenvalue weighted by molar-refractivity contribution is -0.116. The van der Waals surface area contributed by atoms with Crippen LogP contribution in [0, 0.1) is 0 Å². The Morgan fingerprint density at radius 3 is 2.67 bits per heavy atom. The minimum absolute atomic E-state index is 0.0468. The molecule has 0 aromatic heterocycles. The zero-order chi connectivity index (χ0) is 15.1. The number of hydrogen-bond donors (Lipinski definition) is 2. The summed E-state index contributed by atoms with van der Waals surface area (Å²) in [5, 5.41) is 3.44. The van der Waals surface area contributed by atoms with Crippen LogP contribution < -0.4 is 15.8 Å². The van der Waals surface area contributed by atoms with E-state index in [1.807, 2.05) is 12.1 Å². The van der Waals surface area contributed by atoms with Crippen molar-refractivity contribution in [3.8, 4) is 5.75 Å². The third-order valence-electron chi connectivity index (χ3n) is 2.81. The fraction of sp³-hybridized carbons (Fsp3) is 0.188. The molecule has 2 aromatic rings. The maximum atomic E-state index is 11.7. The van der Waals surface area contributed by atoms with Gasteiger partial charge in [0.2, 0.25) is 5.91 Å². The van der Waals surface area contributed by atoms with Gasteiger partial charge < -0.3 is 15.8 Å². The number of halogens is 1. The SMILES string of the molecule is Nc1ccc(NC(=O)CCCOc2cccc(Cl)c2)cc1. The number of nitrogens with two attached hydrogens (primary N) is 1. The quantitative estimate of drug-likeness (QED) is 0.631. The lowest BCUT2D eigenvalue weighted by atomic mass is 10.2. The third kappa shape index (κ3) is 5.36. The van der Waals surface area contributed by atoms with E-state index in [-0.39, 0.29) is 5.91 Å². The molecule has 0 atom stereocenters. The molecule has 0 radical (unpaired) electrons. The lowest BCUT2D eigenvalue weighted by Crippen LogP contribution is -2.12. The van der Waals surface area contributed by atoms with E-state index >= 15 is 0 Å². The van der Waals surface area contributed by atoms with Crippen LogP contribution in [0.1, 0.15) is 12.8 Å². The molecular formula is C16H17ClN2O2. The van der Waals surface area contributed by atoms with Gasteiger partial charge in [0, 0.05) is 22.8 Å². The summed E-state index contributed by atoms with van der Waals surface area (Å²) in [5.41, 5.74) is 6.99. The van der Waals surface area contributed by atoms with Crippen molar-refractivity contribution in [3.05, 3.63) is 53.6 Å². The van der Waals surface area contributed by atoms with Crippen molar-refractivity contribution in [2.45, 2.75) is 12.8 Å². The van der Waals surface area contributed by atoms with E-state index in [4.69, 9.17) is 22.1 Å². The van der Waals surface area contributed by atoms with Crippen molar-refractivity contribution >= 4 is 28.9 Å². The number of benzene rings is 2. The Labute approximate surface area is 128 Å². The molecule has 0 aliphatic rings. The van der Waals surface area contributed by atoms with Gasteiger partial charge in [-0.05, 0) is 48.9 Å². The molecule has 110 valence electrons. The van der Waals surface area contributed by atoms with Crippen LogP contribution in [0.5, 0.6) is 5.75 Å². The second-order valence-electron chi connectivity index (χ2n) is 4.58. The Hall–Kier alpha value is -2.20. The van der Waals surface area contributed by atoms with Gasteiger partial charge >= 0.3 is 0 Å². The average molecular weight is 305 g/mol. The highest BCUT2D eigenvalue weighted by atomic mass is 35.5. The zero-order valence-electron chi connectivity index (χ0n) is 11.5. The van der Waals surface area contributed by atoms with E-state index in [1.54, 1.807) is 36.4 Å². The number of hydrogen-bond acceptors (Lipinski definition) is 3. The van der Waals surface area contributed by atoms with Gasteiger partial charge in [0.25, 0.3) is 0 Å². The lowest BCUT2D eigenvalue weighted by Gasteiger charge is -2.07. The van der Waals surface area contributed by atoms with Gasteiger partial charge in [-0.25, -0.2) is 0 Å². The van der Waals surface area contributed by atoms with Gasteiger partial charge in [0.15, 0.2) is 0 Å². The van der Waals surface area contributed by atoms with Gasteiger partial charge in [0.1, 0.15) is 5.75 Å². The molecule has 3 N–H and O–H groups in total. The average Bonchev–Trinajstić information content (AvgIpc) is 2.46. The van der Waals surface area contributed by atoms with Gasteiger partial charge in [0.05, 0.1) is 6.61 Å². The summed E-state index contributed by atoms with van der Waals surface area (Å²) in [6, 6.07) is 14.2. The first-order valence-electron chi connectivity index (χ1n) is 6.67. The topological polar surface area (TPSA) is 64.3 Å². The summed E-state index contributed by atoms with van der Waals surface area (Å²) in [4.78, 5) is 11.7. The number of amides is 1. The maximum Gasteiger partial charge on any atom is 0.224 e. The first kappa shape index (κ1) is 15.2. The van der Waals surface area contributed by atoms with E-state index in [1.165, 1.54) is 0 Å². The molecule has 0 bridgehead atoms. The predicted molar refractivity (Wildman–Crippen MR) is 85.7 cm³/mol. The van der Waals surface area contributed by atoms with Gasteiger partial charge in [-0.1, -0.05) is 17.7 Å². The molecule has 1 amide bonds. The van der Waals surface area contributed by atoms with Crippen LogP contribution in [-0.2, 0) is 4.79 Å². The fourth-order valence-corrected chi connectivity index (χ4v) is 1.95. The van der Waals surface area contributed by atoms with Gasteiger partial charge in [-0.3, -0.25) is 4.79 Å². The van der Waals surface area contributed by atoms with Crippen LogP contribution in [0.3, 0.4) is 0 Å². The molecule has 0 spiro atoms. The monoisotopic (exact) mass is 304 g/mol. The van der Waals surface area contributed by atoms with Crippen LogP contribution in [0.4, 0.5) is 11.4 Å². The van der Waals surface area contributed by atoms with Crippen molar-refractivity contribution in [3.63, 3.8) is 0 Å². The molecule has 5 heteroatoms. The largest absolute Gasteiger partial charge is 0.494 e. The number of nitrogen functional groups attached to an aromatic ring is 1. The molecule has 2 aromatic carbocycles. The molecular weight excluding hydrogens is 288 g/mol. The minimum atomic E-state index is -0.0468. The zero-order valence-corrected chi connectivity index (χ0v) is 12.3. The van der Waals surface area contributed by atoms with Gasteiger partial charge in [-0.2, -0.15) is 0 Å². The van der Waals surface area contributed by atoms with E-state index in [0.29, 0.717) is 35.9 Å². The minimum Gasteiger partial charge on any atom is -0.494 e. The fourth-order valence-electron chi connectivity index (χ4n) is 1.77. The van der Waals surface area contributed by atoms with Crippen LogP contribution >= 0.6 is 11.6 Å². The molecule has 2 rings (SSSR count). The Morgan fingerprint density at radius 1 is 1.19 bits per heavy atom. The third-order valence-corrected chi connectivity index (χ3v) is 3.04. The van der Waals surface area contributed by atoms with E-state index in [2.05, 4.69) is 5.32 Å². The van der Waals surface area contributed by atoms with Crippen molar-refractivity contribution in [1.29, 1.82) is 0 Å². The maximum absolute atomic E-state index is 11.7. The highest BCUT2D eigenvalue weighted by Gasteiger charge is 2.03. The van der Waals surface area contributed by atoms with Crippen molar-refractivity contribution in [1.82, 2.24) is 0 Å². The normalized spacial score (nSPS) is 10.1. The summed E-state index contributed by atoms with van der Waals surface area (Å²) < 4.78 is 5.52.